The van der Waals surface area contributed by atoms with E-state index >= 15 is 0 Å². The molecule has 92 valence electrons. The summed E-state index contributed by atoms with van der Waals surface area (Å²) in [7, 11) is 0. The van der Waals surface area contributed by atoms with Crippen molar-refractivity contribution in [3.63, 3.8) is 0 Å². The van der Waals surface area contributed by atoms with E-state index in [1.807, 2.05) is 44.2 Å². The Morgan fingerprint density at radius 1 is 1.06 bits per heavy atom. The first-order chi connectivity index (χ1) is 8.59. The third kappa shape index (κ3) is 2.48. The van der Waals surface area contributed by atoms with Gasteiger partial charge in [0.1, 0.15) is 0 Å². The molecule has 0 N–H and O–H groups in total. The van der Waals surface area contributed by atoms with Gasteiger partial charge in [-0.3, -0.25) is 9.78 Å². The lowest BCUT2D eigenvalue weighted by atomic mass is 9.91. The molecule has 18 heavy (non-hydrogen) atoms. The zero-order valence-electron chi connectivity index (χ0n) is 11.0. The smallest absolute Gasteiger partial charge is 0.170 e. The molecule has 1 atom stereocenters. The van der Waals surface area contributed by atoms with Crippen molar-refractivity contribution in [3.05, 3.63) is 65.0 Å². The Labute approximate surface area is 108 Å². The number of benzene rings is 1. The fraction of sp³-hybridized carbons (Fsp3) is 0.250. The van der Waals surface area contributed by atoms with Gasteiger partial charge in [0, 0.05) is 23.9 Å². The minimum Gasteiger partial charge on any atom is -0.294 e. The van der Waals surface area contributed by atoms with Crippen LogP contribution in [-0.4, -0.2) is 10.8 Å². The van der Waals surface area contributed by atoms with Crippen LogP contribution in [0.5, 0.6) is 0 Å². The Morgan fingerprint density at radius 2 is 1.72 bits per heavy atom. The number of ketones is 1. The third-order valence-electron chi connectivity index (χ3n) is 3.39. The molecule has 2 rings (SSSR count). The van der Waals surface area contributed by atoms with Crippen LogP contribution in [0.25, 0.3) is 0 Å². The van der Waals surface area contributed by atoms with E-state index in [0.29, 0.717) is 0 Å². The number of aryl methyl sites for hydroxylation is 2. The summed E-state index contributed by atoms with van der Waals surface area (Å²) >= 11 is 0. The predicted octanol–water partition coefficient (Wildman–Crippen LogP) is 3.68. The van der Waals surface area contributed by atoms with Crippen LogP contribution in [0.4, 0.5) is 0 Å². The zero-order valence-corrected chi connectivity index (χ0v) is 11.0. The molecule has 2 nitrogen and oxygen atoms in total. The summed E-state index contributed by atoms with van der Waals surface area (Å²) in [6, 6.07) is 9.66. The van der Waals surface area contributed by atoms with Crippen molar-refractivity contribution in [1.29, 1.82) is 0 Å². The monoisotopic (exact) mass is 239 g/mol. The highest BCUT2D eigenvalue weighted by Crippen LogP contribution is 2.21. The van der Waals surface area contributed by atoms with Crippen LogP contribution in [0.15, 0.2) is 42.7 Å². The molecule has 0 saturated carbocycles. The maximum atomic E-state index is 12.4. The molecular formula is C16H17NO. The lowest BCUT2D eigenvalue weighted by Gasteiger charge is -2.11. The molecule has 0 aliphatic rings. The van der Waals surface area contributed by atoms with E-state index in [4.69, 9.17) is 0 Å². The van der Waals surface area contributed by atoms with Gasteiger partial charge in [-0.25, -0.2) is 0 Å². The molecule has 2 aromatic rings. The van der Waals surface area contributed by atoms with E-state index in [1.165, 1.54) is 5.56 Å². The Morgan fingerprint density at radius 3 is 2.33 bits per heavy atom. The van der Waals surface area contributed by atoms with Crippen LogP contribution in [0.1, 0.15) is 39.9 Å². The number of pyridine rings is 1. The average Bonchev–Trinajstić information content (AvgIpc) is 2.41. The van der Waals surface area contributed by atoms with Gasteiger partial charge >= 0.3 is 0 Å². The third-order valence-corrected chi connectivity index (χ3v) is 3.39. The topological polar surface area (TPSA) is 30.0 Å². The van der Waals surface area contributed by atoms with Crippen LogP contribution >= 0.6 is 0 Å². The Bertz CT molecular complexity index is 561. The second-order valence-electron chi connectivity index (χ2n) is 4.67. The van der Waals surface area contributed by atoms with Crippen molar-refractivity contribution in [1.82, 2.24) is 4.98 Å². The number of hydrogen-bond acceptors (Lipinski definition) is 2. The maximum absolute atomic E-state index is 12.4. The highest BCUT2D eigenvalue weighted by Gasteiger charge is 2.17. The highest BCUT2D eigenvalue weighted by molar-refractivity contribution is 6.00. The molecule has 1 unspecified atom stereocenters. The molecule has 0 fully saturated rings. The van der Waals surface area contributed by atoms with Gasteiger partial charge in [-0.05, 0) is 48.7 Å². The van der Waals surface area contributed by atoms with Crippen molar-refractivity contribution in [2.75, 3.05) is 0 Å². The van der Waals surface area contributed by atoms with Crippen molar-refractivity contribution >= 4 is 5.78 Å². The fourth-order valence-electron chi connectivity index (χ4n) is 1.95. The number of carbonyl (C=O) groups is 1. The summed E-state index contributed by atoms with van der Waals surface area (Å²) in [4.78, 5) is 16.4. The number of carbonyl (C=O) groups excluding carboxylic acids is 1. The van der Waals surface area contributed by atoms with E-state index < -0.39 is 0 Å². The molecule has 1 aromatic heterocycles. The van der Waals surface area contributed by atoms with Crippen LogP contribution in [0, 0.1) is 13.8 Å². The number of rotatable bonds is 3. The summed E-state index contributed by atoms with van der Waals surface area (Å²) in [5.74, 6) is 0.0272. The van der Waals surface area contributed by atoms with E-state index in [9.17, 15) is 4.79 Å². The first-order valence-corrected chi connectivity index (χ1v) is 6.11. The minimum atomic E-state index is -0.130. The first kappa shape index (κ1) is 12.5. The fourth-order valence-corrected chi connectivity index (χ4v) is 1.95. The van der Waals surface area contributed by atoms with E-state index in [2.05, 4.69) is 11.9 Å². The van der Waals surface area contributed by atoms with Gasteiger partial charge in [-0.1, -0.05) is 19.1 Å². The second-order valence-corrected chi connectivity index (χ2v) is 4.67. The maximum Gasteiger partial charge on any atom is 0.170 e. The van der Waals surface area contributed by atoms with Crippen molar-refractivity contribution in [2.24, 2.45) is 0 Å². The number of Topliss-reactive ketones (excluding diaryl/α,β-unsaturated/α-hetero) is 1. The number of nitrogens with zero attached hydrogens (tertiary/aromatic N) is 1. The summed E-state index contributed by atoms with van der Waals surface area (Å²) < 4.78 is 0. The molecular weight excluding hydrogens is 222 g/mol. The molecule has 0 bridgehead atoms. The molecule has 1 heterocycles. The number of hydrogen-bond donors (Lipinski definition) is 0. The summed E-state index contributed by atoms with van der Waals surface area (Å²) in [6.07, 6.45) is 3.44. The summed E-state index contributed by atoms with van der Waals surface area (Å²) in [5, 5.41) is 0. The van der Waals surface area contributed by atoms with E-state index in [1.54, 1.807) is 12.4 Å². The van der Waals surface area contributed by atoms with Crippen LogP contribution in [0.2, 0.25) is 0 Å². The quantitative estimate of drug-likeness (QED) is 0.765. The van der Waals surface area contributed by atoms with Gasteiger partial charge in [-0.15, -0.1) is 0 Å². The molecule has 0 saturated heterocycles. The molecule has 0 aliphatic carbocycles. The standard InChI is InChI=1S/C16H17NO/c1-11-4-5-15(10-12(11)2)16(18)13(3)14-6-8-17-9-7-14/h4-10,13H,1-3H3. The van der Waals surface area contributed by atoms with Crippen LogP contribution < -0.4 is 0 Å². The van der Waals surface area contributed by atoms with Gasteiger partial charge < -0.3 is 0 Å². The normalized spacial score (nSPS) is 12.2. The van der Waals surface area contributed by atoms with Gasteiger partial charge in [0.25, 0.3) is 0 Å². The first-order valence-electron chi connectivity index (χ1n) is 6.11. The average molecular weight is 239 g/mol. The minimum absolute atomic E-state index is 0.130. The van der Waals surface area contributed by atoms with E-state index in [0.717, 1.165) is 16.7 Å². The lowest BCUT2D eigenvalue weighted by Crippen LogP contribution is -2.10. The second kappa shape index (κ2) is 5.13. The van der Waals surface area contributed by atoms with Crippen molar-refractivity contribution in [3.8, 4) is 0 Å². The summed E-state index contributed by atoms with van der Waals surface area (Å²) in [6.45, 7) is 6.02. The lowest BCUT2D eigenvalue weighted by molar-refractivity contribution is 0.0966. The molecule has 0 radical (unpaired) electrons. The molecule has 1 aromatic carbocycles. The SMILES string of the molecule is Cc1ccc(C(=O)C(C)c2ccncc2)cc1C. The van der Waals surface area contributed by atoms with Gasteiger partial charge in [0.15, 0.2) is 5.78 Å². The summed E-state index contributed by atoms with van der Waals surface area (Å²) in [5.41, 5.74) is 4.15. The zero-order chi connectivity index (χ0) is 13.1. The van der Waals surface area contributed by atoms with Gasteiger partial charge in [-0.2, -0.15) is 0 Å². The largest absolute Gasteiger partial charge is 0.294 e. The van der Waals surface area contributed by atoms with Gasteiger partial charge in [0.2, 0.25) is 0 Å². The van der Waals surface area contributed by atoms with E-state index in [-0.39, 0.29) is 11.7 Å². The van der Waals surface area contributed by atoms with Crippen molar-refractivity contribution in [2.45, 2.75) is 26.7 Å². The Kier molecular flexibility index (Phi) is 3.56. The Hall–Kier alpha value is -1.96. The highest BCUT2D eigenvalue weighted by atomic mass is 16.1. The van der Waals surface area contributed by atoms with Crippen LogP contribution in [-0.2, 0) is 0 Å². The molecule has 0 aliphatic heterocycles. The predicted molar refractivity (Wildman–Crippen MR) is 72.9 cm³/mol. The Balaban J connectivity index is 2.29. The van der Waals surface area contributed by atoms with Gasteiger partial charge in [0.05, 0.1) is 0 Å². The van der Waals surface area contributed by atoms with Crippen molar-refractivity contribution < 1.29 is 4.79 Å². The van der Waals surface area contributed by atoms with Crippen LogP contribution in [0.3, 0.4) is 0 Å². The molecule has 0 amide bonds. The molecule has 2 heteroatoms. The number of aromatic nitrogens is 1. The molecule has 0 spiro atoms.